The minimum absolute atomic E-state index is 0.0623. The molecule has 3 aliphatic rings. The molecule has 0 aromatic carbocycles. The van der Waals surface area contributed by atoms with Gasteiger partial charge >= 0.3 is 13.7 Å². The van der Waals surface area contributed by atoms with Crippen LogP contribution in [0.25, 0.3) is 11.0 Å². The molecule has 0 bridgehead atoms. The van der Waals surface area contributed by atoms with E-state index in [4.69, 9.17) is 39.6 Å². The number of hydrogen-bond donors (Lipinski definition) is 1. The Kier molecular flexibility index (Phi) is 10.9. The molecule has 14 nitrogen and oxygen atoms in total. The first-order valence-corrected chi connectivity index (χ1v) is 19.0. The van der Waals surface area contributed by atoms with Crippen molar-refractivity contribution < 1.29 is 42.5 Å². The number of hydrogen-bond acceptors (Lipinski definition) is 13. The van der Waals surface area contributed by atoms with Gasteiger partial charge in [0, 0.05) is 11.8 Å². The molecular formula is C30H47ClN5O9PS. The van der Waals surface area contributed by atoms with E-state index in [0.29, 0.717) is 16.9 Å². The molecule has 0 spiro atoms. The lowest BCUT2D eigenvalue weighted by Gasteiger charge is -2.34. The van der Waals surface area contributed by atoms with Gasteiger partial charge in [-0.1, -0.05) is 12.8 Å². The lowest BCUT2D eigenvalue weighted by atomic mass is 10.1. The molecule has 4 heterocycles. The van der Waals surface area contributed by atoms with Crippen LogP contribution in [0.4, 0.5) is 10.6 Å². The van der Waals surface area contributed by atoms with E-state index < -0.39 is 60.7 Å². The summed E-state index contributed by atoms with van der Waals surface area (Å²) in [7, 11) is -3.71. The van der Waals surface area contributed by atoms with Crippen molar-refractivity contribution in [3.63, 3.8) is 0 Å². The summed E-state index contributed by atoms with van der Waals surface area (Å²) in [6.45, 7) is 14.1. The van der Waals surface area contributed by atoms with Crippen LogP contribution in [-0.4, -0.2) is 96.8 Å². The first kappa shape index (κ1) is 36.7. The quantitative estimate of drug-likeness (QED) is 0.193. The average Bonchev–Trinajstić information content (AvgIpc) is 3.76. The molecule has 3 fully saturated rings. The highest BCUT2D eigenvalue weighted by Gasteiger charge is 2.58. The Bertz CT molecular complexity index is 1480. The van der Waals surface area contributed by atoms with Gasteiger partial charge in [-0.2, -0.15) is 15.1 Å². The van der Waals surface area contributed by atoms with Crippen molar-refractivity contribution in [1.29, 1.82) is 0 Å². The van der Waals surface area contributed by atoms with Crippen molar-refractivity contribution >= 4 is 53.9 Å². The number of thioether (sulfide) groups is 1. The minimum atomic E-state index is -3.71. The smallest absolute Gasteiger partial charge is 0.416 e. The van der Waals surface area contributed by atoms with E-state index in [1.807, 2.05) is 34.6 Å². The largest absolute Gasteiger partial charge is 0.443 e. The molecule has 1 amide bonds. The minimum Gasteiger partial charge on any atom is -0.443 e. The van der Waals surface area contributed by atoms with Crippen LogP contribution in [0.3, 0.4) is 0 Å². The number of halogens is 1. The van der Waals surface area contributed by atoms with Crippen molar-refractivity contribution in [2.75, 3.05) is 30.5 Å². The van der Waals surface area contributed by atoms with Crippen LogP contribution in [0, 0.1) is 0 Å². The van der Waals surface area contributed by atoms with Crippen molar-refractivity contribution in [2.24, 2.45) is 0 Å². The molecule has 2 aromatic heterocycles. The van der Waals surface area contributed by atoms with Gasteiger partial charge in [-0.3, -0.25) is 9.46 Å². The van der Waals surface area contributed by atoms with Gasteiger partial charge in [0.25, 0.3) is 0 Å². The number of amides is 1. The van der Waals surface area contributed by atoms with Crippen LogP contribution in [0.5, 0.6) is 0 Å². The molecule has 1 unspecified atom stereocenters. The Morgan fingerprint density at radius 3 is 2.38 bits per heavy atom. The second-order valence-electron chi connectivity index (χ2n) is 13.5. The summed E-state index contributed by atoms with van der Waals surface area (Å²) in [5.41, 5.74) is -0.361. The number of carbonyl (C=O) groups is 1. The molecule has 17 heteroatoms. The standard InChI is InChI=1S/C30H47ClN5O9PS/c1-9-40-46(39,41-10-2)30(8,17-37)47-16-20-21-22(44-29(6,7)43-21)25(42-20)36-24-19(15-32-36)23(33-26(31)34-24)35(18-13-11-12-14-18)27(38)45-28(3,4)5/h15,18,20-22,25,37H,9-14,16-17H2,1-8H3/t20-,21-,22-,25-,30?/m1/s1. The van der Waals surface area contributed by atoms with Crippen LogP contribution in [0.15, 0.2) is 6.20 Å². The fourth-order valence-electron chi connectivity index (χ4n) is 6.25. The number of aromatic nitrogens is 4. The van der Waals surface area contributed by atoms with Gasteiger partial charge in [-0.05, 0) is 79.8 Å². The predicted octanol–water partition coefficient (Wildman–Crippen LogP) is 6.29. The van der Waals surface area contributed by atoms with Crippen molar-refractivity contribution in [2.45, 2.75) is 128 Å². The third-order valence-corrected chi connectivity index (χ3v) is 13.3. The summed E-state index contributed by atoms with van der Waals surface area (Å²) in [6, 6.07) is -0.117. The SMILES string of the molecule is CCOP(=O)(OCC)C(C)(CO)SC[C@H]1O[C@@H](n2ncc3c(N(C(=O)OC(C)(C)C)C4CCCC4)nc(Cl)nc32)[C@@H]2OC(C)(C)O[C@@H]21. The molecule has 5 rings (SSSR count). The first-order valence-electron chi connectivity index (χ1n) is 16.1. The molecule has 1 aliphatic carbocycles. The fourth-order valence-corrected chi connectivity index (χ4v) is 9.94. The van der Waals surface area contributed by atoms with Gasteiger partial charge < -0.3 is 33.1 Å². The molecule has 0 radical (unpaired) electrons. The number of ether oxygens (including phenoxy) is 4. The third-order valence-electron chi connectivity index (χ3n) is 8.31. The summed E-state index contributed by atoms with van der Waals surface area (Å²) in [5.74, 6) is -0.338. The Balaban J connectivity index is 1.49. The number of rotatable bonds is 12. The van der Waals surface area contributed by atoms with Crippen LogP contribution in [0.2, 0.25) is 5.28 Å². The molecule has 264 valence electrons. The molecule has 1 saturated carbocycles. The van der Waals surface area contributed by atoms with Gasteiger partial charge in [0.05, 0.1) is 37.5 Å². The number of fused-ring (bicyclic) bond motifs is 2. The molecule has 2 saturated heterocycles. The second kappa shape index (κ2) is 14.0. The normalized spacial score (nSPS) is 26.1. The monoisotopic (exact) mass is 719 g/mol. The number of anilines is 1. The molecule has 2 aromatic rings. The lowest BCUT2D eigenvalue weighted by molar-refractivity contribution is -0.195. The van der Waals surface area contributed by atoms with Gasteiger partial charge in [0.15, 0.2) is 23.5 Å². The highest BCUT2D eigenvalue weighted by atomic mass is 35.5. The van der Waals surface area contributed by atoms with E-state index in [1.165, 1.54) is 11.8 Å². The summed E-state index contributed by atoms with van der Waals surface area (Å²) >= 11 is 7.76. The Morgan fingerprint density at radius 2 is 1.79 bits per heavy atom. The van der Waals surface area contributed by atoms with E-state index in [-0.39, 0.29) is 30.3 Å². The number of nitrogens with zero attached hydrogens (tertiary/aromatic N) is 5. The van der Waals surface area contributed by atoms with Gasteiger partial charge in [0.1, 0.15) is 22.3 Å². The maximum Gasteiger partial charge on any atom is 0.416 e. The van der Waals surface area contributed by atoms with Crippen LogP contribution < -0.4 is 4.90 Å². The molecule has 2 aliphatic heterocycles. The number of aliphatic hydroxyl groups excluding tert-OH is 1. The topological polar surface area (TPSA) is 157 Å². The van der Waals surface area contributed by atoms with E-state index in [1.54, 1.807) is 36.5 Å². The Hall–Kier alpha value is -1.55. The van der Waals surface area contributed by atoms with Crippen molar-refractivity contribution in [1.82, 2.24) is 19.7 Å². The third kappa shape index (κ3) is 7.48. The van der Waals surface area contributed by atoms with E-state index in [9.17, 15) is 14.5 Å². The molecule has 1 N–H and O–H groups in total. The summed E-state index contributed by atoms with van der Waals surface area (Å²) in [4.78, 5) is 24.2. The molecule has 5 atom stereocenters. The van der Waals surface area contributed by atoms with Gasteiger partial charge in [-0.15, -0.1) is 11.8 Å². The van der Waals surface area contributed by atoms with E-state index >= 15 is 0 Å². The highest BCUT2D eigenvalue weighted by Crippen LogP contribution is 2.65. The molecule has 47 heavy (non-hydrogen) atoms. The zero-order valence-corrected chi connectivity index (χ0v) is 30.8. The lowest BCUT2D eigenvalue weighted by Crippen LogP contribution is -2.43. The number of carbonyl (C=O) groups excluding carboxylic acids is 1. The first-order chi connectivity index (χ1) is 22.0. The van der Waals surface area contributed by atoms with Crippen LogP contribution >= 0.6 is 31.0 Å². The van der Waals surface area contributed by atoms with E-state index in [0.717, 1.165) is 25.7 Å². The maximum atomic E-state index is 13.7. The summed E-state index contributed by atoms with van der Waals surface area (Å²) in [5, 5.41) is 15.5. The Labute approximate surface area is 285 Å². The van der Waals surface area contributed by atoms with Crippen molar-refractivity contribution in [3.8, 4) is 0 Å². The highest BCUT2D eigenvalue weighted by molar-refractivity contribution is 8.06. The fraction of sp³-hybridized carbons (Fsp3) is 0.800. The van der Waals surface area contributed by atoms with Crippen LogP contribution in [-0.2, 0) is 32.6 Å². The van der Waals surface area contributed by atoms with Gasteiger partial charge in [0.2, 0.25) is 5.28 Å². The maximum absolute atomic E-state index is 13.7. The zero-order valence-electron chi connectivity index (χ0n) is 28.3. The second-order valence-corrected chi connectivity index (χ2v) is 18.2. The van der Waals surface area contributed by atoms with Crippen LogP contribution in [0.1, 0.15) is 87.3 Å². The number of aliphatic hydroxyl groups is 1. The predicted molar refractivity (Wildman–Crippen MR) is 178 cm³/mol. The van der Waals surface area contributed by atoms with Crippen molar-refractivity contribution in [3.05, 3.63) is 11.5 Å². The van der Waals surface area contributed by atoms with E-state index in [2.05, 4.69) is 15.1 Å². The summed E-state index contributed by atoms with van der Waals surface area (Å²) < 4.78 is 50.3. The zero-order chi connectivity index (χ0) is 34.4. The average molecular weight is 720 g/mol. The summed E-state index contributed by atoms with van der Waals surface area (Å²) in [6.07, 6.45) is 2.17. The Morgan fingerprint density at radius 1 is 1.15 bits per heavy atom. The molecular weight excluding hydrogens is 673 g/mol. The van der Waals surface area contributed by atoms with Gasteiger partial charge in [-0.25, -0.2) is 9.48 Å².